The van der Waals surface area contributed by atoms with Gasteiger partial charge in [0.15, 0.2) is 0 Å². The number of nitrogens with one attached hydrogen (secondary N) is 1. The van der Waals surface area contributed by atoms with Gasteiger partial charge in [0.1, 0.15) is 0 Å². The second-order valence-corrected chi connectivity index (χ2v) is 9.13. The Kier molecular flexibility index (Phi) is 3.94. The van der Waals surface area contributed by atoms with E-state index >= 15 is 0 Å². The van der Waals surface area contributed by atoms with Crippen LogP contribution in [0.15, 0.2) is 18.2 Å². The zero-order chi connectivity index (χ0) is 18.7. The van der Waals surface area contributed by atoms with Crippen LogP contribution < -0.4 is 10.2 Å². The fraction of sp³-hybridized carbons (Fsp3) is 0.636. The molecule has 0 radical (unpaired) electrons. The lowest BCUT2D eigenvalue weighted by Crippen LogP contribution is -2.46. The molecule has 2 aliphatic carbocycles. The van der Waals surface area contributed by atoms with Crippen LogP contribution in [-0.4, -0.2) is 24.4 Å². The number of hydrogen-bond acceptors (Lipinski definition) is 2. The molecular weight excluding hydrogens is 324 g/mol. The molecule has 0 saturated heterocycles. The van der Waals surface area contributed by atoms with Crippen molar-refractivity contribution in [3.8, 4) is 0 Å². The van der Waals surface area contributed by atoms with Crippen LogP contribution in [0.25, 0.3) is 0 Å². The van der Waals surface area contributed by atoms with Gasteiger partial charge in [0.25, 0.3) is 5.91 Å². The first-order valence-electron chi connectivity index (χ1n) is 10.0. The Morgan fingerprint density at radius 1 is 1.27 bits per heavy atom. The highest BCUT2D eigenvalue weighted by atomic mass is 16.2. The molecule has 2 fully saturated rings. The van der Waals surface area contributed by atoms with Crippen LogP contribution in [0.1, 0.15) is 69.3 Å². The standard InChI is InChI=1S/C22H30N2O2/c1-5-19(25)24-11-9-14-12-15(6-7-17(14)24)20(26)23-18-13-16-8-10-22(18,4)21(16,2)3/h6-7,12,16,18H,5,8-11,13H2,1-4H3,(H,23,26). The molecule has 26 heavy (non-hydrogen) atoms. The minimum Gasteiger partial charge on any atom is -0.349 e. The summed E-state index contributed by atoms with van der Waals surface area (Å²) >= 11 is 0. The van der Waals surface area contributed by atoms with E-state index in [1.54, 1.807) is 0 Å². The number of amides is 2. The molecule has 1 aliphatic heterocycles. The Balaban J connectivity index is 1.51. The first-order chi connectivity index (χ1) is 12.3. The Morgan fingerprint density at radius 2 is 2.04 bits per heavy atom. The minimum absolute atomic E-state index is 0.0302. The highest BCUT2D eigenvalue weighted by molar-refractivity contribution is 5.98. The fourth-order valence-corrected chi connectivity index (χ4v) is 5.66. The number of carbonyl (C=O) groups is 2. The van der Waals surface area contributed by atoms with Crippen LogP contribution in [-0.2, 0) is 11.2 Å². The molecule has 2 saturated carbocycles. The molecule has 1 aromatic rings. The van der Waals surface area contributed by atoms with E-state index in [0.717, 1.165) is 36.2 Å². The van der Waals surface area contributed by atoms with Gasteiger partial charge in [0.2, 0.25) is 5.91 Å². The second kappa shape index (κ2) is 5.83. The average Bonchev–Trinajstić information content (AvgIpc) is 3.19. The molecule has 3 atom stereocenters. The van der Waals surface area contributed by atoms with Crippen molar-refractivity contribution in [1.82, 2.24) is 5.32 Å². The summed E-state index contributed by atoms with van der Waals surface area (Å²) in [7, 11) is 0. The summed E-state index contributed by atoms with van der Waals surface area (Å²) in [5.41, 5.74) is 3.29. The van der Waals surface area contributed by atoms with Crippen LogP contribution in [0, 0.1) is 16.7 Å². The van der Waals surface area contributed by atoms with E-state index in [1.165, 1.54) is 12.8 Å². The molecule has 0 aromatic heterocycles. The molecule has 2 bridgehead atoms. The van der Waals surface area contributed by atoms with Crippen molar-refractivity contribution < 1.29 is 9.59 Å². The van der Waals surface area contributed by atoms with E-state index < -0.39 is 0 Å². The van der Waals surface area contributed by atoms with Gasteiger partial charge in [-0.05, 0) is 66.2 Å². The molecule has 4 rings (SSSR count). The van der Waals surface area contributed by atoms with Crippen molar-refractivity contribution in [3.63, 3.8) is 0 Å². The summed E-state index contributed by atoms with van der Waals surface area (Å²) in [6.45, 7) is 9.70. The third-order valence-electron chi connectivity index (χ3n) is 7.94. The summed E-state index contributed by atoms with van der Waals surface area (Å²) in [5, 5.41) is 3.34. The van der Waals surface area contributed by atoms with Gasteiger partial charge in [0.05, 0.1) is 0 Å². The third kappa shape index (κ3) is 2.34. The monoisotopic (exact) mass is 354 g/mol. The smallest absolute Gasteiger partial charge is 0.251 e. The molecule has 0 spiro atoms. The molecule has 4 heteroatoms. The summed E-state index contributed by atoms with van der Waals surface area (Å²) in [5.74, 6) is 0.896. The number of benzene rings is 1. The summed E-state index contributed by atoms with van der Waals surface area (Å²) in [6, 6.07) is 6.05. The van der Waals surface area contributed by atoms with Gasteiger partial charge >= 0.3 is 0 Å². The number of anilines is 1. The van der Waals surface area contributed by atoms with Gasteiger partial charge in [0, 0.05) is 30.3 Å². The quantitative estimate of drug-likeness (QED) is 0.894. The van der Waals surface area contributed by atoms with Gasteiger partial charge < -0.3 is 10.2 Å². The maximum Gasteiger partial charge on any atom is 0.251 e. The zero-order valence-corrected chi connectivity index (χ0v) is 16.4. The summed E-state index contributed by atoms with van der Waals surface area (Å²) in [6.07, 6.45) is 4.93. The highest BCUT2D eigenvalue weighted by Gasteiger charge is 2.61. The van der Waals surface area contributed by atoms with E-state index in [0.29, 0.717) is 17.8 Å². The second-order valence-electron chi connectivity index (χ2n) is 9.13. The van der Waals surface area contributed by atoms with Crippen LogP contribution in [0.5, 0.6) is 0 Å². The van der Waals surface area contributed by atoms with Crippen molar-refractivity contribution in [3.05, 3.63) is 29.3 Å². The van der Waals surface area contributed by atoms with Gasteiger partial charge in [-0.25, -0.2) is 0 Å². The number of rotatable bonds is 3. The maximum absolute atomic E-state index is 12.9. The highest BCUT2D eigenvalue weighted by Crippen LogP contribution is 2.65. The van der Waals surface area contributed by atoms with E-state index in [1.807, 2.05) is 30.0 Å². The SMILES string of the molecule is CCC(=O)N1CCc2cc(C(=O)NC3CC4CCC3(C)C4(C)C)ccc21. The van der Waals surface area contributed by atoms with E-state index in [4.69, 9.17) is 0 Å². The largest absolute Gasteiger partial charge is 0.349 e. The summed E-state index contributed by atoms with van der Waals surface area (Å²) in [4.78, 5) is 26.8. The number of fused-ring (bicyclic) bond motifs is 3. The van der Waals surface area contributed by atoms with Gasteiger partial charge in [-0.1, -0.05) is 27.7 Å². The lowest BCUT2D eigenvalue weighted by atomic mass is 9.69. The van der Waals surface area contributed by atoms with Crippen molar-refractivity contribution in [1.29, 1.82) is 0 Å². The first kappa shape index (κ1) is 17.6. The Hall–Kier alpha value is -1.84. The maximum atomic E-state index is 12.9. The predicted octanol–water partition coefficient (Wildman–Crippen LogP) is 3.93. The van der Waals surface area contributed by atoms with E-state index in [-0.39, 0.29) is 23.3 Å². The normalized spacial score (nSPS) is 31.2. The molecule has 1 aromatic carbocycles. The first-order valence-corrected chi connectivity index (χ1v) is 10.0. The number of hydrogen-bond donors (Lipinski definition) is 1. The topological polar surface area (TPSA) is 49.4 Å². The lowest BCUT2D eigenvalue weighted by Gasteiger charge is -2.39. The Labute approximate surface area is 156 Å². The van der Waals surface area contributed by atoms with Crippen molar-refractivity contribution in [2.45, 2.75) is 65.8 Å². The van der Waals surface area contributed by atoms with E-state index in [9.17, 15) is 9.59 Å². The van der Waals surface area contributed by atoms with Gasteiger partial charge in [-0.2, -0.15) is 0 Å². The molecule has 140 valence electrons. The Bertz CT molecular complexity index is 769. The minimum atomic E-state index is 0.0302. The summed E-state index contributed by atoms with van der Waals surface area (Å²) < 4.78 is 0. The number of nitrogens with zero attached hydrogens (tertiary/aromatic N) is 1. The number of carbonyl (C=O) groups excluding carboxylic acids is 2. The molecule has 2 amide bonds. The molecule has 3 aliphatic rings. The zero-order valence-electron chi connectivity index (χ0n) is 16.4. The molecule has 1 N–H and O–H groups in total. The third-order valence-corrected chi connectivity index (χ3v) is 7.94. The molecule has 3 unspecified atom stereocenters. The fourth-order valence-electron chi connectivity index (χ4n) is 5.66. The van der Waals surface area contributed by atoms with E-state index in [2.05, 4.69) is 26.1 Å². The average molecular weight is 354 g/mol. The van der Waals surface area contributed by atoms with Crippen molar-refractivity contribution in [2.75, 3.05) is 11.4 Å². The molecule has 4 nitrogen and oxygen atoms in total. The van der Waals surface area contributed by atoms with Crippen LogP contribution in [0.3, 0.4) is 0 Å². The van der Waals surface area contributed by atoms with Gasteiger partial charge in [-0.3, -0.25) is 9.59 Å². The van der Waals surface area contributed by atoms with Gasteiger partial charge in [-0.15, -0.1) is 0 Å². The van der Waals surface area contributed by atoms with Crippen molar-refractivity contribution >= 4 is 17.5 Å². The van der Waals surface area contributed by atoms with Crippen LogP contribution >= 0.6 is 0 Å². The lowest BCUT2D eigenvalue weighted by molar-refractivity contribution is -0.118. The van der Waals surface area contributed by atoms with Crippen LogP contribution in [0.2, 0.25) is 0 Å². The van der Waals surface area contributed by atoms with Crippen molar-refractivity contribution in [2.24, 2.45) is 16.7 Å². The Morgan fingerprint density at radius 3 is 2.65 bits per heavy atom. The molecule has 1 heterocycles. The molecular formula is C22H30N2O2. The predicted molar refractivity (Wildman–Crippen MR) is 103 cm³/mol. The van der Waals surface area contributed by atoms with Crippen LogP contribution in [0.4, 0.5) is 5.69 Å².